The van der Waals surface area contributed by atoms with Gasteiger partial charge in [-0.2, -0.15) is 0 Å². The second kappa shape index (κ2) is 62.0. The van der Waals surface area contributed by atoms with Crippen LogP contribution in [0.4, 0.5) is 0 Å². The molecule has 0 radical (unpaired) electrons. The Morgan fingerprint density at radius 1 is 0.383 bits per heavy atom. The van der Waals surface area contributed by atoms with Crippen LogP contribution in [0.2, 0.25) is 0 Å². The molecule has 0 heterocycles. The molecule has 0 bridgehead atoms. The number of rotatable bonds is 60. The molecule has 81 heavy (non-hydrogen) atoms. The summed E-state index contributed by atoms with van der Waals surface area (Å²) in [5, 5.41) is 11.8. The third-order valence-electron chi connectivity index (χ3n) is 14.0. The lowest BCUT2D eigenvalue weighted by atomic mass is 10.0. The lowest BCUT2D eigenvalue weighted by Crippen LogP contribution is -2.44. The molecule has 9 heteroatoms. The molecule has 0 amide bonds. The zero-order chi connectivity index (χ0) is 59.1. The lowest BCUT2D eigenvalue weighted by Gasteiger charge is -2.26. The summed E-state index contributed by atoms with van der Waals surface area (Å²) in [4.78, 5) is 37.4. The molecule has 0 aromatic rings. The highest BCUT2D eigenvalue weighted by molar-refractivity contribution is 5.70. The highest BCUT2D eigenvalue weighted by atomic mass is 16.7. The van der Waals surface area contributed by atoms with E-state index >= 15 is 0 Å². The maximum atomic E-state index is 12.9. The van der Waals surface area contributed by atoms with Crippen LogP contribution in [0.3, 0.4) is 0 Å². The fourth-order valence-electron chi connectivity index (χ4n) is 8.96. The van der Waals surface area contributed by atoms with Gasteiger partial charge in [0.1, 0.15) is 13.2 Å². The van der Waals surface area contributed by atoms with Crippen molar-refractivity contribution >= 4 is 17.9 Å². The van der Waals surface area contributed by atoms with Gasteiger partial charge >= 0.3 is 11.9 Å². The predicted molar refractivity (Wildman–Crippen MR) is 343 cm³/mol. The van der Waals surface area contributed by atoms with Crippen LogP contribution in [0.25, 0.3) is 0 Å². The van der Waals surface area contributed by atoms with E-state index in [2.05, 4.69) is 123 Å². The van der Waals surface area contributed by atoms with Crippen molar-refractivity contribution in [1.29, 1.82) is 0 Å². The third-order valence-corrected chi connectivity index (χ3v) is 14.0. The smallest absolute Gasteiger partial charge is 0.306 e. The number of carbonyl (C=O) groups is 3. The molecule has 0 saturated heterocycles. The van der Waals surface area contributed by atoms with E-state index in [4.69, 9.17) is 18.9 Å². The lowest BCUT2D eigenvalue weighted by molar-refractivity contribution is -0.870. The quantitative estimate of drug-likeness (QED) is 0.0195. The van der Waals surface area contributed by atoms with Crippen LogP contribution >= 0.6 is 0 Å². The number of carboxylic acids is 1. The fourth-order valence-corrected chi connectivity index (χ4v) is 8.96. The minimum Gasteiger partial charge on any atom is -0.545 e. The first-order valence-corrected chi connectivity index (χ1v) is 33.0. The molecule has 0 aromatic carbocycles. The van der Waals surface area contributed by atoms with E-state index in [1.54, 1.807) is 0 Å². The largest absolute Gasteiger partial charge is 0.545 e. The first-order valence-electron chi connectivity index (χ1n) is 33.0. The van der Waals surface area contributed by atoms with Crippen LogP contribution < -0.4 is 5.11 Å². The Morgan fingerprint density at radius 3 is 1.05 bits per heavy atom. The molecule has 2 unspecified atom stereocenters. The standard InChI is InChI=1S/C72H123NO8/c1-6-8-10-12-14-16-18-20-22-24-26-28-29-30-31-32-33-34-35-36-37-38-39-40-41-43-45-47-49-51-53-55-57-59-61-63-70(75)81-68(67-80-72(71(76)77)78-65-64-73(3,4)5)66-79-69(74)62-60-58-56-54-52-50-48-46-44-42-27-25-23-21-19-17-15-13-11-9-7-2/h8,10,14,16,19-22,25-28,30-31,33-34,44,46,68,72H,6-7,9,11-13,15,17-18,23-24,29,32,35-43,45,47-67H2,1-5H3/b10-8-,16-14-,21-19-,22-20-,27-25-,28-26-,31-30-,34-33-,46-44-. The van der Waals surface area contributed by atoms with E-state index in [0.717, 1.165) is 103 Å². The van der Waals surface area contributed by atoms with Gasteiger partial charge in [-0.1, -0.05) is 264 Å². The van der Waals surface area contributed by atoms with Gasteiger partial charge in [0.2, 0.25) is 0 Å². The summed E-state index contributed by atoms with van der Waals surface area (Å²) in [5.74, 6) is -2.30. The molecule has 0 rings (SSSR count). The van der Waals surface area contributed by atoms with Gasteiger partial charge in [-0.05, 0) is 103 Å². The number of allylic oxidation sites excluding steroid dienone is 18. The average Bonchev–Trinajstić information content (AvgIpc) is 3.44. The van der Waals surface area contributed by atoms with Crippen molar-refractivity contribution in [1.82, 2.24) is 0 Å². The summed E-state index contributed by atoms with van der Waals surface area (Å²) >= 11 is 0. The summed E-state index contributed by atoms with van der Waals surface area (Å²) in [5.41, 5.74) is 0. The summed E-state index contributed by atoms with van der Waals surface area (Å²) in [6, 6.07) is 0. The van der Waals surface area contributed by atoms with Crippen LogP contribution in [0, 0.1) is 0 Å². The molecule has 464 valence electrons. The topological polar surface area (TPSA) is 111 Å². The number of likely N-dealkylation sites (N-methyl/N-ethyl adjacent to an activating group) is 1. The normalized spacial score (nSPS) is 13.4. The number of quaternary nitrogens is 1. The van der Waals surface area contributed by atoms with E-state index in [1.165, 1.54) is 135 Å². The molecular weight excluding hydrogens is 1010 g/mol. The van der Waals surface area contributed by atoms with E-state index in [1.807, 2.05) is 21.1 Å². The number of carbonyl (C=O) groups excluding carboxylic acids is 3. The van der Waals surface area contributed by atoms with Gasteiger partial charge in [-0.3, -0.25) is 9.59 Å². The summed E-state index contributed by atoms with van der Waals surface area (Å²) in [6.07, 6.45) is 83.0. The van der Waals surface area contributed by atoms with Crippen molar-refractivity contribution < 1.29 is 42.9 Å². The van der Waals surface area contributed by atoms with Crippen LogP contribution in [-0.4, -0.2) is 82.3 Å². The monoisotopic (exact) mass is 1130 g/mol. The summed E-state index contributed by atoms with van der Waals surface area (Å²) in [7, 11) is 5.92. The molecule has 0 aliphatic rings. The maximum Gasteiger partial charge on any atom is 0.306 e. The van der Waals surface area contributed by atoms with Crippen LogP contribution in [0.1, 0.15) is 271 Å². The first kappa shape index (κ1) is 77.0. The molecule has 0 aliphatic heterocycles. The number of carboxylic acid groups (broad SMARTS) is 1. The van der Waals surface area contributed by atoms with Crippen molar-refractivity contribution in [2.45, 2.75) is 283 Å². The van der Waals surface area contributed by atoms with Crippen molar-refractivity contribution in [3.8, 4) is 0 Å². The molecule has 0 N–H and O–H groups in total. The van der Waals surface area contributed by atoms with Crippen molar-refractivity contribution in [2.24, 2.45) is 0 Å². The fraction of sp³-hybridized carbons (Fsp3) is 0.708. The van der Waals surface area contributed by atoms with Gasteiger partial charge in [0.05, 0.1) is 40.3 Å². The van der Waals surface area contributed by atoms with Gasteiger partial charge in [0.25, 0.3) is 0 Å². The Labute approximate surface area is 498 Å². The maximum absolute atomic E-state index is 12.9. The minimum absolute atomic E-state index is 0.142. The number of hydrogen-bond acceptors (Lipinski definition) is 8. The Bertz CT molecular complexity index is 1700. The number of ether oxygens (including phenoxy) is 4. The average molecular weight is 1130 g/mol. The Hall–Kier alpha value is -4.05. The number of hydrogen-bond donors (Lipinski definition) is 0. The zero-order valence-corrected chi connectivity index (χ0v) is 52.9. The highest BCUT2D eigenvalue weighted by Gasteiger charge is 2.22. The van der Waals surface area contributed by atoms with Crippen molar-refractivity contribution in [3.05, 3.63) is 109 Å². The number of unbranched alkanes of at least 4 members (excludes halogenated alkanes) is 27. The van der Waals surface area contributed by atoms with Gasteiger partial charge in [-0.25, -0.2) is 0 Å². The molecule has 2 atom stereocenters. The molecule has 0 fully saturated rings. The predicted octanol–water partition coefficient (Wildman–Crippen LogP) is 18.9. The Kier molecular flexibility index (Phi) is 58.9. The van der Waals surface area contributed by atoms with E-state index in [0.29, 0.717) is 17.4 Å². The highest BCUT2D eigenvalue weighted by Crippen LogP contribution is 2.16. The Morgan fingerprint density at radius 2 is 0.704 bits per heavy atom. The van der Waals surface area contributed by atoms with E-state index in [9.17, 15) is 19.5 Å². The molecule has 0 saturated carbocycles. The Balaban J connectivity index is 4.15. The molecule has 0 spiro atoms. The number of esters is 2. The SMILES string of the molecule is CC/C=C\C/C=C\C/C=C\C/C=C\C/C=C\C/C=C\CCCCCCCCCCCCCCCCCCC(=O)OC(COC(=O)CCCCCCCC/C=C\C/C=C\C/C=C\CCCCCCC)COC(OCC[N+](C)(C)C)C(=O)[O-]. The summed E-state index contributed by atoms with van der Waals surface area (Å²) < 4.78 is 22.7. The van der Waals surface area contributed by atoms with Gasteiger partial charge in [0.15, 0.2) is 12.4 Å². The second-order valence-corrected chi connectivity index (χ2v) is 23.0. The zero-order valence-electron chi connectivity index (χ0n) is 52.9. The molecule has 0 aliphatic carbocycles. The van der Waals surface area contributed by atoms with Gasteiger partial charge in [0, 0.05) is 12.8 Å². The second-order valence-electron chi connectivity index (χ2n) is 23.0. The van der Waals surface area contributed by atoms with Crippen molar-refractivity contribution in [3.63, 3.8) is 0 Å². The van der Waals surface area contributed by atoms with Gasteiger partial charge < -0.3 is 33.3 Å². The van der Waals surface area contributed by atoms with Gasteiger partial charge in [-0.15, -0.1) is 0 Å². The van der Waals surface area contributed by atoms with Crippen LogP contribution in [0.15, 0.2) is 109 Å². The van der Waals surface area contributed by atoms with E-state index in [-0.39, 0.29) is 38.6 Å². The minimum atomic E-state index is -1.63. The molecule has 9 nitrogen and oxygen atoms in total. The van der Waals surface area contributed by atoms with Crippen LogP contribution in [0.5, 0.6) is 0 Å². The van der Waals surface area contributed by atoms with Crippen molar-refractivity contribution in [2.75, 3.05) is 47.5 Å². The molecular formula is C72H123NO8. The van der Waals surface area contributed by atoms with Crippen LogP contribution in [-0.2, 0) is 33.3 Å². The number of aliphatic carboxylic acids is 1. The van der Waals surface area contributed by atoms with E-state index < -0.39 is 24.3 Å². The molecule has 0 aromatic heterocycles. The third kappa shape index (κ3) is 63.4. The number of nitrogens with zero attached hydrogens (tertiary/aromatic N) is 1. The first-order chi connectivity index (χ1) is 39.6. The summed E-state index contributed by atoms with van der Waals surface area (Å²) in [6.45, 7) is 4.62.